The maximum absolute atomic E-state index is 6.04. The standard InChI is InChI=1S/C15H24N2O/c1-3-13-8-12(10-16)9-15(17-13)18-14-6-4-5-11(2)7-14/h8-9,11,14H,3-7,10,16H2,1-2H3. The Balaban J connectivity index is 2.07. The summed E-state index contributed by atoms with van der Waals surface area (Å²) in [4.78, 5) is 4.54. The number of nitrogens with two attached hydrogens (primary N) is 1. The molecule has 3 nitrogen and oxygen atoms in total. The third-order valence-electron chi connectivity index (χ3n) is 3.69. The molecule has 0 radical (unpaired) electrons. The molecule has 0 amide bonds. The predicted octanol–water partition coefficient (Wildman–Crippen LogP) is 3.06. The zero-order valence-electron chi connectivity index (χ0n) is 11.5. The molecule has 100 valence electrons. The lowest BCUT2D eigenvalue weighted by molar-refractivity contribution is 0.123. The van der Waals surface area contributed by atoms with Gasteiger partial charge >= 0.3 is 0 Å². The summed E-state index contributed by atoms with van der Waals surface area (Å²) in [6, 6.07) is 4.05. The van der Waals surface area contributed by atoms with Gasteiger partial charge in [0.2, 0.25) is 5.88 Å². The Morgan fingerprint density at radius 3 is 2.89 bits per heavy atom. The van der Waals surface area contributed by atoms with Crippen LogP contribution in [0.25, 0.3) is 0 Å². The number of aryl methyl sites for hydroxylation is 1. The second-order valence-corrected chi connectivity index (χ2v) is 5.37. The molecule has 1 fully saturated rings. The summed E-state index contributed by atoms with van der Waals surface area (Å²) >= 11 is 0. The number of rotatable bonds is 4. The van der Waals surface area contributed by atoms with Gasteiger partial charge in [0.05, 0.1) is 0 Å². The number of nitrogens with zero attached hydrogens (tertiary/aromatic N) is 1. The van der Waals surface area contributed by atoms with Crippen molar-refractivity contribution < 1.29 is 4.74 Å². The predicted molar refractivity (Wildman–Crippen MR) is 73.6 cm³/mol. The van der Waals surface area contributed by atoms with Crippen molar-refractivity contribution >= 4 is 0 Å². The fourth-order valence-corrected chi connectivity index (χ4v) is 2.64. The molecule has 2 atom stereocenters. The Hall–Kier alpha value is -1.09. The number of aromatic nitrogens is 1. The summed E-state index contributed by atoms with van der Waals surface area (Å²) in [5.74, 6) is 1.53. The highest BCUT2D eigenvalue weighted by molar-refractivity contribution is 5.25. The average molecular weight is 248 g/mol. The number of ether oxygens (including phenoxy) is 1. The van der Waals surface area contributed by atoms with Gasteiger partial charge in [-0.15, -0.1) is 0 Å². The fourth-order valence-electron chi connectivity index (χ4n) is 2.64. The lowest BCUT2D eigenvalue weighted by atomic mass is 9.89. The first kappa shape index (κ1) is 13.3. The normalized spacial score (nSPS) is 23.9. The molecule has 2 rings (SSSR count). The van der Waals surface area contributed by atoms with Crippen molar-refractivity contribution in [1.82, 2.24) is 4.98 Å². The van der Waals surface area contributed by atoms with E-state index >= 15 is 0 Å². The van der Waals surface area contributed by atoms with Crippen LogP contribution in [-0.2, 0) is 13.0 Å². The maximum Gasteiger partial charge on any atom is 0.214 e. The summed E-state index contributed by atoms with van der Waals surface area (Å²) in [6.07, 6.45) is 6.15. The van der Waals surface area contributed by atoms with Crippen molar-refractivity contribution in [2.45, 2.75) is 58.6 Å². The average Bonchev–Trinajstić information content (AvgIpc) is 2.38. The van der Waals surface area contributed by atoms with E-state index < -0.39 is 0 Å². The molecule has 0 bridgehead atoms. The van der Waals surface area contributed by atoms with E-state index in [-0.39, 0.29) is 0 Å². The van der Waals surface area contributed by atoms with E-state index in [1.54, 1.807) is 0 Å². The van der Waals surface area contributed by atoms with Crippen LogP contribution in [-0.4, -0.2) is 11.1 Å². The highest BCUT2D eigenvalue weighted by atomic mass is 16.5. The first-order valence-electron chi connectivity index (χ1n) is 7.07. The van der Waals surface area contributed by atoms with E-state index in [4.69, 9.17) is 10.5 Å². The number of hydrogen-bond acceptors (Lipinski definition) is 3. The molecule has 18 heavy (non-hydrogen) atoms. The minimum absolute atomic E-state index is 0.332. The minimum Gasteiger partial charge on any atom is -0.474 e. The summed E-state index contributed by atoms with van der Waals surface area (Å²) in [7, 11) is 0. The van der Waals surface area contributed by atoms with Gasteiger partial charge in [0.1, 0.15) is 6.10 Å². The SMILES string of the molecule is CCc1cc(CN)cc(OC2CCCC(C)C2)n1. The van der Waals surface area contributed by atoms with Crippen LogP contribution in [0.4, 0.5) is 0 Å². The Morgan fingerprint density at radius 1 is 1.39 bits per heavy atom. The molecular weight excluding hydrogens is 224 g/mol. The van der Waals surface area contributed by atoms with Crippen molar-refractivity contribution in [3.8, 4) is 5.88 Å². The van der Waals surface area contributed by atoms with E-state index in [9.17, 15) is 0 Å². The molecule has 1 aromatic rings. The number of hydrogen-bond donors (Lipinski definition) is 1. The first-order valence-corrected chi connectivity index (χ1v) is 7.07. The number of pyridine rings is 1. The van der Waals surface area contributed by atoms with Crippen LogP contribution >= 0.6 is 0 Å². The molecule has 1 aromatic heterocycles. The highest BCUT2D eigenvalue weighted by Crippen LogP contribution is 2.27. The monoisotopic (exact) mass is 248 g/mol. The van der Waals surface area contributed by atoms with E-state index in [2.05, 4.69) is 24.9 Å². The van der Waals surface area contributed by atoms with Crippen LogP contribution in [0.1, 0.15) is 50.8 Å². The van der Waals surface area contributed by atoms with E-state index in [1.807, 2.05) is 6.07 Å². The topological polar surface area (TPSA) is 48.1 Å². The van der Waals surface area contributed by atoms with Crippen molar-refractivity contribution in [3.63, 3.8) is 0 Å². The second-order valence-electron chi connectivity index (χ2n) is 5.37. The van der Waals surface area contributed by atoms with Crippen molar-refractivity contribution in [2.75, 3.05) is 0 Å². The van der Waals surface area contributed by atoms with Gasteiger partial charge in [0.25, 0.3) is 0 Å². The van der Waals surface area contributed by atoms with Crippen LogP contribution in [0.2, 0.25) is 0 Å². The molecule has 1 aliphatic carbocycles. The van der Waals surface area contributed by atoms with Crippen molar-refractivity contribution in [3.05, 3.63) is 23.4 Å². The molecule has 0 aliphatic heterocycles. The molecule has 1 heterocycles. The summed E-state index contributed by atoms with van der Waals surface area (Å²) in [6.45, 7) is 4.96. The van der Waals surface area contributed by atoms with Crippen LogP contribution in [0.15, 0.2) is 12.1 Å². The maximum atomic E-state index is 6.04. The molecule has 2 unspecified atom stereocenters. The van der Waals surface area contributed by atoms with Crippen LogP contribution in [0.3, 0.4) is 0 Å². The minimum atomic E-state index is 0.332. The van der Waals surface area contributed by atoms with Crippen LogP contribution in [0.5, 0.6) is 5.88 Å². The quantitative estimate of drug-likeness (QED) is 0.891. The fraction of sp³-hybridized carbons (Fsp3) is 0.667. The lowest BCUT2D eigenvalue weighted by Gasteiger charge is -2.27. The van der Waals surface area contributed by atoms with E-state index in [1.165, 1.54) is 12.8 Å². The molecule has 0 aromatic carbocycles. The van der Waals surface area contributed by atoms with Crippen LogP contribution < -0.4 is 10.5 Å². The van der Waals surface area contributed by atoms with Gasteiger partial charge in [-0.25, -0.2) is 4.98 Å². The molecule has 1 saturated carbocycles. The summed E-state index contributed by atoms with van der Waals surface area (Å²) in [5, 5.41) is 0. The Labute approximate surface area is 110 Å². The zero-order chi connectivity index (χ0) is 13.0. The van der Waals surface area contributed by atoms with E-state index in [0.717, 1.165) is 42.3 Å². The smallest absolute Gasteiger partial charge is 0.214 e. The van der Waals surface area contributed by atoms with Gasteiger partial charge < -0.3 is 10.5 Å². The Bertz CT molecular complexity index is 370. The van der Waals surface area contributed by atoms with Gasteiger partial charge in [0, 0.05) is 18.3 Å². The van der Waals surface area contributed by atoms with Crippen molar-refractivity contribution in [2.24, 2.45) is 11.7 Å². The Kier molecular flexibility index (Phi) is 4.59. The summed E-state index contributed by atoms with van der Waals surface area (Å²) in [5.41, 5.74) is 7.89. The largest absolute Gasteiger partial charge is 0.474 e. The molecule has 3 heteroatoms. The van der Waals surface area contributed by atoms with Gasteiger partial charge in [0.15, 0.2) is 0 Å². The molecule has 0 spiro atoms. The molecule has 0 saturated heterocycles. The van der Waals surface area contributed by atoms with Gasteiger partial charge in [-0.3, -0.25) is 0 Å². The molecule has 2 N–H and O–H groups in total. The molecular formula is C15H24N2O. The van der Waals surface area contributed by atoms with Crippen molar-refractivity contribution in [1.29, 1.82) is 0 Å². The lowest BCUT2D eigenvalue weighted by Crippen LogP contribution is -2.24. The Morgan fingerprint density at radius 2 is 2.22 bits per heavy atom. The highest BCUT2D eigenvalue weighted by Gasteiger charge is 2.20. The molecule has 1 aliphatic rings. The van der Waals surface area contributed by atoms with Gasteiger partial charge in [-0.2, -0.15) is 0 Å². The van der Waals surface area contributed by atoms with Crippen LogP contribution in [0, 0.1) is 5.92 Å². The van der Waals surface area contributed by atoms with Gasteiger partial charge in [-0.1, -0.05) is 20.3 Å². The summed E-state index contributed by atoms with van der Waals surface area (Å²) < 4.78 is 6.04. The van der Waals surface area contributed by atoms with E-state index in [0.29, 0.717) is 12.6 Å². The second kappa shape index (κ2) is 6.19. The van der Waals surface area contributed by atoms with Gasteiger partial charge in [-0.05, 0) is 43.2 Å². The third-order valence-corrected chi connectivity index (χ3v) is 3.69. The first-order chi connectivity index (χ1) is 8.71. The zero-order valence-corrected chi connectivity index (χ0v) is 11.5. The third kappa shape index (κ3) is 3.45.